The number of aliphatic hydroxyl groups excluding tert-OH is 2. The Morgan fingerprint density at radius 2 is 2.03 bits per heavy atom. The van der Waals surface area contributed by atoms with Gasteiger partial charge in [-0.2, -0.15) is 0 Å². The van der Waals surface area contributed by atoms with E-state index in [1.165, 1.54) is 6.08 Å². The van der Waals surface area contributed by atoms with Crippen molar-refractivity contribution in [3.8, 4) is 0 Å². The van der Waals surface area contributed by atoms with Crippen LogP contribution in [0.25, 0.3) is 0 Å². The lowest BCUT2D eigenvalue weighted by atomic mass is 9.90. The second-order valence-electron chi connectivity index (χ2n) is 9.16. The Kier molecular flexibility index (Phi) is 8.54. The predicted octanol–water partition coefficient (Wildman–Crippen LogP) is 3.77. The molecule has 188 valence electrons. The van der Waals surface area contributed by atoms with Gasteiger partial charge in [0.1, 0.15) is 6.61 Å². The first kappa shape index (κ1) is 25.3. The molecule has 2 saturated heterocycles. The Balaban J connectivity index is 1.56. The number of β-amino-alcohol motifs (C(OH)–C–C–N with tert-alkyl or cyclic N) is 1. The van der Waals surface area contributed by atoms with Crippen molar-refractivity contribution in [3.05, 3.63) is 77.9 Å². The summed E-state index contributed by atoms with van der Waals surface area (Å²) < 4.78 is 17.9. The first-order valence-electron chi connectivity index (χ1n) is 12.0. The number of aliphatic hydroxyl groups is 2. The van der Waals surface area contributed by atoms with Gasteiger partial charge in [-0.25, -0.2) is 4.79 Å². The van der Waals surface area contributed by atoms with Crippen LogP contribution in [0, 0.1) is 5.92 Å². The van der Waals surface area contributed by atoms with Gasteiger partial charge in [0.2, 0.25) is 0 Å². The molecular formula is C27H34N2O6. The molecule has 2 fully saturated rings. The zero-order valence-corrected chi connectivity index (χ0v) is 20.0. The van der Waals surface area contributed by atoms with Crippen molar-refractivity contribution in [1.82, 2.24) is 4.90 Å². The fourth-order valence-corrected chi connectivity index (χ4v) is 4.61. The monoisotopic (exact) mass is 482 g/mol. The molecule has 0 bridgehead atoms. The molecule has 1 amide bonds. The van der Waals surface area contributed by atoms with Crippen LogP contribution in [0.2, 0.25) is 0 Å². The van der Waals surface area contributed by atoms with E-state index in [9.17, 15) is 15.0 Å². The first-order valence-corrected chi connectivity index (χ1v) is 12.0. The van der Waals surface area contributed by atoms with Crippen LogP contribution in [-0.4, -0.2) is 59.7 Å². The number of nitrogens with one attached hydrogen (secondary N) is 1. The van der Waals surface area contributed by atoms with Gasteiger partial charge in [-0.05, 0) is 29.7 Å². The molecule has 2 aromatic carbocycles. The molecule has 0 spiro atoms. The van der Waals surface area contributed by atoms with Crippen LogP contribution in [0.5, 0.6) is 0 Å². The van der Waals surface area contributed by atoms with E-state index in [0.29, 0.717) is 18.8 Å². The second kappa shape index (κ2) is 11.8. The van der Waals surface area contributed by atoms with E-state index in [4.69, 9.17) is 14.2 Å². The minimum absolute atomic E-state index is 0.0119. The van der Waals surface area contributed by atoms with Crippen LogP contribution in [0.4, 0.5) is 10.5 Å². The smallest absolute Gasteiger partial charge is 0.411 e. The maximum atomic E-state index is 12.0. The van der Waals surface area contributed by atoms with E-state index in [-0.39, 0.29) is 37.4 Å². The molecule has 2 heterocycles. The Bertz CT molecular complexity index is 997. The number of amides is 1. The lowest BCUT2D eigenvalue weighted by Gasteiger charge is -2.42. The van der Waals surface area contributed by atoms with Crippen LogP contribution >= 0.6 is 0 Å². The van der Waals surface area contributed by atoms with Gasteiger partial charge in [-0.1, -0.05) is 56.0 Å². The Hall–Kier alpha value is -2.75. The highest BCUT2D eigenvalue weighted by Gasteiger charge is 2.40. The molecule has 2 aliphatic rings. The maximum absolute atomic E-state index is 12.0. The van der Waals surface area contributed by atoms with Crippen molar-refractivity contribution in [3.63, 3.8) is 0 Å². The number of likely N-dealkylation sites (tertiary alicyclic amines) is 1. The third kappa shape index (κ3) is 6.48. The minimum Gasteiger partial charge on any atom is -0.445 e. The molecule has 2 aromatic rings. The number of benzene rings is 2. The number of nitrogens with zero attached hydrogens (tertiary/aromatic N) is 1. The largest absolute Gasteiger partial charge is 0.445 e. The highest BCUT2D eigenvalue weighted by atomic mass is 16.7. The Morgan fingerprint density at radius 3 is 2.71 bits per heavy atom. The summed E-state index contributed by atoms with van der Waals surface area (Å²) in [5, 5.41) is 22.1. The fourth-order valence-electron chi connectivity index (χ4n) is 4.61. The minimum atomic E-state index is -0.641. The van der Waals surface area contributed by atoms with Crippen molar-refractivity contribution in [2.75, 3.05) is 31.6 Å². The number of hydrogen-bond donors (Lipinski definition) is 3. The van der Waals surface area contributed by atoms with Gasteiger partial charge in [0.15, 0.2) is 6.29 Å². The van der Waals surface area contributed by atoms with E-state index in [1.807, 2.05) is 42.5 Å². The molecule has 0 aliphatic carbocycles. The van der Waals surface area contributed by atoms with Crippen LogP contribution in [-0.2, 0) is 20.8 Å². The molecule has 4 rings (SSSR count). The lowest BCUT2D eigenvalue weighted by molar-refractivity contribution is -0.276. The van der Waals surface area contributed by atoms with Crippen molar-refractivity contribution >= 4 is 11.8 Å². The van der Waals surface area contributed by atoms with E-state index in [1.54, 1.807) is 6.07 Å². The van der Waals surface area contributed by atoms with Gasteiger partial charge in [-0.3, -0.25) is 10.2 Å². The summed E-state index contributed by atoms with van der Waals surface area (Å²) in [6.07, 6.45) is 0.414. The first-order chi connectivity index (χ1) is 17.0. The highest BCUT2D eigenvalue weighted by Crippen LogP contribution is 2.42. The predicted molar refractivity (Wildman–Crippen MR) is 132 cm³/mol. The average Bonchev–Trinajstić information content (AvgIpc) is 3.28. The van der Waals surface area contributed by atoms with E-state index < -0.39 is 12.4 Å². The molecule has 8 heteroatoms. The number of rotatable bonds is 8. The normalized spacial score (nSPS) is 26.9. The molecule has 2 aliphatic heterocycles. The van der Waals surface area contributed by atoms with Gasteiger partial charge >= 0.3 is 6.09 Å². The number of carbonyl (C=O) groups excluding carboxylic acids is 1. The summed E-state index contributed by atoms with van der Waals surface area (Å²) in [5.74, 6) is 0.0548. The van der Waals surface area contributed by atoms with Crippen molar-refractivity contribution < 1.29 is 29.2 Å². The molecule has 5 atom stereocenters. The average molecular weight is 483 g/mol. The third-order valence-electron chi connectivity index (χ3n) is 6.55. The van der Waals surface area contributed by atoms with E-state index >= 15 is 0 Å². The van der Waals surface area contributed by atoms with Crippen LogP contribution in [0.3, 0.4) is 0 Å². The Morgan fingerprint density at radius 1 is 1.23 bits per heavy atom. The second-order valence-corrected chi connectivity index (χ2v) is 9.16. The maximum Gasteiger partial charge on any atom is 0.411 e. The molecule has 35 heavy (non-hydrogen) atoms. The quantitative estimate of drug-likeness (QED) is 0.493. The summed E-state index contributed by atoms with van der Waals surface area (Å²) in [6.45, 7) is 7.94. The molecule has 0 radical (unpaired) electrons. The molecule has 3 N–H and O–H groups in total. The van der Waals surface area contributed by atoms with Crippen molar-refractivity contribution in [2.45, 2.75) is 44.6 Å². The van der Waals surface area contributed by atoms with Crippen molar-refractivity contribution in [1.29, 1.82) is 0 Å². The highest BCUT2D eigenvalue weighted by molar-refractivity contribution is 5.84. The van der Waals surface area contributed by atoms with E-state index in [0.717, 1.165) is 29.7 Å². The SMILES string of the molecule is C=CCOC(=O)Nc1cccc([C@H]2O[C@@H](CN3CC[C@H](O)C3)[C@@H](C)[C@@H](c3ccc(CO)cc3)O2)c1. The Labute approximate surface area is 206 Å². The third-order valence-corrected chi connectivity index (χ3v) is 6.55. The summed E-state index contributed by atoms with van der Waals surface area (Å²) in [7, 11) is 0. The summed E-state index contributed by atoms with van der Waals surface area (Å²) >= 11 is 0. The topological polar surface area (TPSA) is 100 Å². The lowest BCUT2D eigenvalue weighted by Crippen LogP contribution is -2.44. The van der Waals surface area contributed by atoms with E-state index in [2.05, 4.69) is 23.7 Å². The van der Waals surface area contributed by atoms with Gasteiger partial charge in [-0.15, -0.1) is 0 Å². The number of anilines is 1. The van der Waals surface area contributed by atoms with Gasteiger partial charge in [0.25, 0.3) is 0 Å². The summed E-state index contributed by atoms with van der Waals surface area (Å²) in [5.41, 5.74) is 3.21. The molecule has 0 aromatic heterocycles. The number of hydrogen-bond acceptors (Lipinski definition) is 7. The number of ether oxygens (including phenoxy) is 3. The summed E-state index contributed by atoms with van der Waals surface area (Å²) in [6, 6.07) is 15.1. The molecule has 0 unspecified atom stereocenters. The van der Waals surface area contributed by atoms with Gasteiger partial charge in [0, 0.05) is 36.8 Å². The van der Waals surface area contributed by atoms with Crippen LogP contribution < -0.4 is 5.32 Å². The van der Waals surface area contributed by atoms with Crippen molar-refractivity contribution in [2.24, 2.45) is 5.92 Å². The fraction of sp³-hybridized carbons (Fsp3) is 0.444. The molecule has 8 nitrogen and oxygen atoms in total. The van der Waals surface area contributed by atoms with Gasteiger partial charge in [0.05, 0.1) is 24.9 Å². The molecule has 0 saturated carbocycles. The number of carbonyl (C=O) groups is 1. The molecular weight excluding hydrogens is 448 g/mol. The van der Waals surface area contributed by atoms with Gasteiger partial charge < -0.3 is 24.4 Å². The zero-order chi connectivity index (χ0) is 24.8. The summed E-state index contributed by atoms with van der Waals surface area (Å²) in [4.78, 5) is 14.2. The zero-order valence-electron chi connectivity index (χ0n) is 20.0. The van der Waals surface area contributed by atoms with Crippen LogP contribution in [0.1, 0.15) is 42.4 Å². The standard InChI is InChI=1S/C27H34N2O6/c1-3-13-33-27(32)28-22-6-4-5-21(14-22)26-34-24(16-29-12-11-23(31)15-29)18(2)25(35-26)20-9-7-19(17-30)8-10-20/h3-10,14,18,23-26,30-31H,1,11-13,15-17H2,2H3,(H,28,32)/t18-,23+,24+,25+,26+/m1/s1. The van der Waals surface area contributed by atoms with Crippen LogP contribution in [0.15, 0.2) is 61.2 Å².